The molecule has 0 unspecified atom stereocenters. The van der Waals surface area contributed by atoms with Crippen LogP contribution in [0.15, 0.2) is 53.4 Å². The van der Waals surface area contributed by atoms with Crippen LogP contribution in [0.25, 0.3) is 11.3 Å². The summed E-state index contributed by atoms with van der Waals surface area (Å²) in [4.78, 5) is 19.1. The highest BCUT2D eigenvalue weighted by molar-refractivity contribution is 6.03. The zero-order valence-electron chi connectivity index (χ0n) is 11.9. The lowest BCUT2D eigenvalue weighted by molar-refractivity contribution is -0.141. The van der Waals surface area contributed by atoms with E-state index in [0.717, 1.165) is 23.9 Å². The van der Waals surface area contributed by atoms with E-state index in [4.69, 9.17) is 4.52 Å². The average Bonchev–Trinajstić information content (AvgIpc) is 3.03. The van der Waals surface area contributed by atoms with Gasteiger partial charge in [-0.05, 0) is 24.3 Å². The first-order valence-corrected chi connectivity index (χ1v) is 6.65. The predicted molar refractivity (Wildman–Crippen MR) is 76.9 cm³/mol. The van der Waals surface area contributed by atoms with Crippen LogP contribution in [0.2, 0.25) is 0 Å². The van der Waals surface area contributed by atoms with Crippen LogP contribution in [0.3, 0.4) is 0 Å². The molecule has 1 N–H and O–H groups in total. The Kier molecular flexibility index (Phi) is 3.98. The second-order valence-electron chi connectivity index (χ2n) is 4.70. The van der Waals surface area contributed by atoms with Gasteiger partial charge in [0.25, 0.3) is 5.91 Å². The predicted octanol–water partition coefficient (Wildman–Crippen LogP) is 3.40. The van der Waals surface area contributed by atoms with Crippen LogP contribution in [0.4, 0.5) is 19.1 Å². The summed E-state index contributed by atoms with van der Waals surface area (Å²) >= 11 is 0. The smallest absolute Gasteiger partial charge is 0.338 e. The van der Waals surface area contributed by atoms with Crippen LogP contribution in [0.5, 0.6) is 0 Å². The highest BCUT2D eigenvalue weighted by atomic mass is 19.4. The van der Waals surface area contributed by atoms with Gasteiger partial charge in [0.2, 0.25) is 5.88 Å². The normalized spacial score (nSPS) is 11.3. The van der Waals surface area contributed by atoms with Crippen molar-refractivity contribution in [3.05, 3.63) is 60.2 Å². The van der Waals surface area contributed by atoms with E-state index in [0.29, 0.717) is 5.69 Å². The quantitative estimate of drug-likeness (QED) is 0.794. The number of carbonyl (C=O) groups excluding carboxylic acids is 1. The van der Waals surface area contributed by atoms with Crippen LogP contribution in [-0.4, -0.2) is 21.0 Å². The van der Waals surface area contributed by atoms with Crippen LogP contribution in [0, 0.1) is 0 Å². The minimum absolute atomic E-state index is 0.0372. The van der Waals surface area contributed by atoms with Crippen molar-refractivity contribution in [2.24, 2.45) is 0 Å². The fraction of sp³-hybridized carbons (Fsp3) is 0.0667. The van der Waals surface area contributed by atoms with Crippen LogP contribution >= 0.6 is 0 Å². The molecular formula is C15H9F3N4O2. The topological polar surface area (TPSA) is 80.9 Å². The van der Waals surface area contributed by atoms with Crippen molar-refractivity contribution in [2.45, 2.75) is 6.18 Å². The van der Waals surface area contributed by atoms with Gasteiger partial charge in [0.1, 0.15) is 11.4 Å². The van der Waals surface area contributed by atoms with E-state index in [-0.39, 0.29) is 11.4 Å². The lowest BCUT2D eigenvalue weighted by atomic mass is 10.2. The molecule has 0 saturated heterocycles. The summed E-state index contributed by atoms with van der Waals surface area (Å²) in [6.07, 6.45) is -0.552. The molecule has 0 spiro atoms. The number of aromatic nitrogens is 3. The van der Waals surface area contributed by atoms with Gasteiger partial charge in [-0.3, -0.25) is 20.1 Å². The van der Waals surface area contributed by atoms with E-state index in [2.05, 4.69) is 20.4 Å². The number of nitrogens with zero attached hydrogens (tertiary/aromatic N) is 3. The number of hydrogen-bond acceptors (Lipinski definition) is 5. The second kappa shape index (κ2) is 6.11. The molecule has 0 aliphatic rings. The fourth-order valence-electron chi connectivity index (χ4n) is 1.87. The first-order valence-electron chi connectivity index (χ1n) is 6.65. The zero-order valence-corrected chi connectivity index (χ0v) is 11.9. The molecule has 9 heteroatoms. The molecule has 0 fully saturated rings. The number of pyridine rings is 2. The van der Waals surface area contributed by atoms with Crippen LogP contribution in [-0.2, 0) is 6.18 Å². The van der Waals surface area contributed by atoms with Gasteiger partial charge in [0.15, 0.2) is 0 Å². The summed E-state index contributed by atoms with van der Waals surface area (Å²) in [6.45, 7) is 0. The first-order chi connectivity index (χ1) is 11.4. The van der Waals surface area contributed by atoms with E-state index in [1.54, 1.807) is 24.5 Å². The van der Waals surface area contributed by atoms with Gasteiger partial charge >= 0.3 is 6.18 Å². The third kappa shape index (κ3) is 3.40. The Hall–Kier alpha value is -3.23. The largest absolute Gasteiger partial charge is 0.433 e. The Bertz CT molecular complexity index is 845. The van der Waals surface area contributed by atoms with Gasteiger partial charge in [0, 0.05) is 30.2 Å². The number of alkyl halides is 3. The number of halogens is 3. The number of amides is 1. The maximum absolute atomic E-state index is 12.4. The molecule has 3 aromatic heterocycles. The van der Waals surface area contributed by atoms with Crippen molar-refractivity contribution in [1.29, 1.82) is 0 Å². The number of anilines is 1. The van der Waals surface area contributed by atoms with Gasteiger partial charge < -0.3 is 4.52 Å². The first kappa shape index (κ1) is 15.7. The van der Waals surface area contributed by atoms with Crippen LogP contribution in [0.1, 0.15) is 16.1 Å². The Labute approximate surface area is 133 Å². The lowest BCUT2D eigenvalue weighted by Gasteiger charge is -2.06. The molecule has 0 atom stereocenters. The summed E-state index contributed by atoms with van der Waals surface area (Å²) < 4.78 is 42.3. The number of carbonyl (C=O) groups is 1. The summed E-state index contributed by atoms with van der Waals surface area (Å²) in [7, 11) is 0. The molecular weight excluding hydrogens is 325 g/mol. The highest BCUT2D eigenvalue weighted by Crippen LogP contribution is 2.27. The SMILES string of the molecule is O=C(Nc1cc(-c2ccncc2)no1)c1ccc(C(F)(F)F)nc1. The van der Waals surface area contributed by atoms with E-state index in [1.165, 1.54) is 6.07 Å². The second-order valence-corrected chi connectivity index (χ2v) is 4.70. The number of hydrogen-bond donors (Lipinski definition) is 1. The zero-order chi connectivity index (χ0) is 17.2. The molecule has 0 radical (unpaired) electrons. The summed E-state index contributed by atoms with van der Waals surface area (Å²) in [6, 6.07) is 6.68. The maximum atomic E-state index is 12.4. The fourth-order valence-corrected chi connectivity index (χ4v) is 1.87. The minimum atomic E-state index is -4.56. The summed E-state index contributed by atoms with van der Waals surface area (Å²) in [5.41, 5.74) is 0.118. The van der Waals surface area contributed by atoms with Gasteiger partial charge in [-0.1, -0.05) is 5.16 Å². The molecule has 0 aliphatic carbocycles. The lowest BCUT2D eigenvalue weighted by Crippen LogP contribution is -2.13. The Morgan fingerprint density at radius 3 is 2.50 bits per heavy atom. The van der Waals surface area contributed by atoms with Crippen molar-refractivity contribution in [2.75, 3.05) is 5.32 Å². The van der Waals surface area contributed by atoms with Crippen molar-refractivity contribution >= 4 is 11.8 Å². The van der Waals surface area contributed by atoms with Gasteiger partial charge in [0.05, 0.1) is 5.56 Å². The van der Waals surface area contributed by atoms with Gasteiger partial charge in [-0.15, -0.1) is 0 Å². The van der Waals surface area contributed by atoms with Gasteiger partial charge in [-0.25, -0.2) is 0 Å². The Balaban J connectivity index is 1.72. The van der Waals surface area contributed by atoms with E-state index >= 15 is 0 Å². The van der Waals surface area contributed by atoms with Gasteiger partial charge in [-0.2, -0.15) is 13.2 Å². The minimum Gasteiger partial charge on any atom is -0.338 e. The molecule has 3 heterocycles. The Morgan fingerprint density at radius 2 is 1.88 bits per heavy atom. The molecule has 24 heavy (non-hydrogen) atoms. The molecule has 6 nitrogen and oxygen atoms in total. The molecule has 0 aromatic carbocycles. The van der Waals surface area contributed by atoms with E-state index < -0.39 is 17.8 Å². The van der Waals surface area contributed by atoms with Crippen LogP contribution < -0.4 is 5.32 Å². The van der Waals surface area contributed by atoms with E-state index in [1.807, 2.05) is 0 Å². The molecule has 122 valence electrons. The number of nitrogens with one attached hydrogen (secondary N) is 1. The molecule has 0 bridgehead atoms. The monoisotopic (exact) mass is 334 g/mol. The highest BCUT2D eigenvalue weighted by Gasteiger charge is 2.32. The maximum Gasteiger partial charge on any atom is 0.433 e. The summed E-state index contributed by atoms with van der Waals surface area (Å²) in [5.74, 6) is -0.597. The third-order valence-corrected chi connectivity index (χ3v) is 3.04. The van der Waals surface area contributed by atoms with Crippen molar-refractivity contribution < 1.29 is 22.5 Å². The van der Waals surface area contributed by atoms with Crippen molar-refractivity contribution in [1.82, 2.24) is 15.1 Å². The summed E-state index contributed by atoms with van der Waals surface area (Å²) in [5, 5.41) is 6.20. The molecule has 0 saturated carbocycles. The molecule has 3 rings (SSSR count). The Morgan fingerprint density at radius 1 is 1.12 bits per heavy atom. The third-order valence-electron chi connectivity index (χ3n) is 3.04. The standard InChI is InChI=1S/C15H9F3N4O2/c16-15(17,18)12-2-1-10(8-20-12)14(23)21-13-7-11(22-24-13)9-3-5-19-6-4-9/h1-8H,(H,21,23). The molecule has 3 aromatic rings. The van der Waals surface area contributed by atoms with Crippen molar-refractivity contribution in [3.63, 3.8) is 0 Å². The van der Waals surface area contributed by atoms with Crippen molar-refractivity contribution in [3.8, 4) is 11.3 Å². The molecule has 0 aliphatic heterocycles. The number of rotatable bonds is 3. The average molecular weight is 334 g/mol. The molecule has 1 amide bonds. The van der Waals surface area contributed by atoms with E-state index in [9.17, 15) is 18.0 Å².